The number of ether oxygens (including phenoxy) is 1. The number of amides is 2. The Morgan fingerprint density at radius 3 is 2.24 bits per heavy atom. The van der Waals surface area contributed by atoms with Crippen LogP contribution in [0.25, 0.3) is 0 Å². The lowest BCUT2D eigenvalue weighted by atomic mass is 9.96. The fourth-order valence-corrected chi connectivity index (χ4v) is 1.87. The molecule has 0 radical (unpaired) electrons. The van der Waals surface area contributed by atoms with E-state index in [0.29, 0.717) is 12.8 Å². The Bertz CT molecular complexity index is 384. The van der Waals surface area contributed by atoms with E-state index in [1.807, 2.05) is 6.92 Å². The summed E-state index contributed by atoms with van der Waals surface area (Å²) >= 11 is 0. The van der Waals surface area contributed by atoms with Crippen LogP contribution in [0.2, 0.25) is 0 Å². The predicted molar refractivity (Wildman–Crippen MR) is 78.0 cm³/mol. The SMILES string of the molecule is CCCC(C)(NC(=O)N(CC(=O)OCC)C(C)C)C(=O)O. The number of urea groups is 1. The lowest BCUT2D eigenvalue weighted by molar-refractivity contribution is -0.144. The monoisotopic (exact) mass is 302 g/mol. The third kappa shape index (κ3) is 6.01. The van der Waals surface area contributed by atoms with Gasteiger partial charge in [-0.3, -0.25) is 4.79 Å². The molecule has 21 heavy (non-hydrogen) atoms. The van der Waals surface area contributed by atoms with Gasteiger partial charge in [0.2, 0.25) is 0 Å². The minimum Gasteiger partial charge on any atom is -0.480 e. The molecule has 0 aromatic heterocycles. The molecule has 0 spiro atoms. The van der Waals surface area contributed by atoms with E-state index in [-0.39, 0.29) is 19.2 Å². The van der Waals surface area contributed by atoms with E-state index >= 15 is 0 Å². The molecule has 0 bridgehead atoms. The van der Waals surface area contributed by atoms with Crippen LogP contribution in [-0.4, -0.2) is 52.7 Å². The van der Waals surface area contributed by atoms with Gasteiger partial charge in [-0.1, -0.05) is 13.3 Å². The molecule has 0 aliphatic rings. The number of hydrogen-bond donors (Lipinski definition) is 2. The zero-order chi connectivity index (χ0) is 16.6. The van der Waals surface area contributed by atoms with Gasteiger partial charge >= 0.3 is 18.0 Å². The fourth-order valence-electron chi connectivity index (χ4n) is 1.87. The highest BCUT2D eigenvalue weighted by Crippen LogP contribution is 2.14. The van der Waals surface area contributed by atoms with E-state index in [9.17, 15) is 19.5 Å². The van der Waals surface area contributed by atoms with E-state index in [0.717, 1.165) is 0 Å². The Morgan fingerprint density at radius 2 is 1.86 bits per heavy atom. The Kier molecular flexibility index (Phi) is 7.76. The summed E-state index contributed by atoms with van der Waals surface area (Å²) in [5.41, 5.74) is -1.35. The second-order valence-electron chi connectivity index (χ2n) is 5.34. The van der Waals surface area contributed by atoms with E-state index < -0.39 is 23.5 Å². The maximum atomic E-state index is 12.3. The van der Waals surface area contributed by atoms with E-state index in [1.165, 1.54) is 11.8 Å². The normalized spacial score (nSPS) is 13.4. The minimum absolute atomic E-state index is 0.209. The third-order valence-corrected chi connectivity index (χ3v) is 3.09. The number of nitrogens with zero attached hydrogens (tertiary/aromatic N) is 1. The van der Waals surface area contributed by atoms with Crippen molar-refractivity contribution in [2.45, 2.75) is 59.0 Å². The van der Waals surface area contributed by atoms with Crippen LogP contribution < -0.4 is 5.32 Å². The highest BCUT2D eigenvalue weighted by atomic mass is 16.5. The fraction of sp³-hybridized carbons (Fsp3) is 0.786. The van der Waals surface area contributed by atoms with Crippen LogP contribution in [0.15, 0.2) is 0 Å². The summed E-state index contributed by atoms with van der Waals surface area (Å²) in [5.74, 6) is -1.62. The zero-order valence-electron chi connectivity index (χ0n) is 13.4. The molecule has 0 rings (SSSR count). The van der Waals surface area contributed by atoms with Crippen molar-refractivity contribution >= 4 is 18.0 Å². The summed E-state index contributed by atoms with van der Waals surface area (Å²) < 4.78 is 4.82. The average molecular weight is 302 g/mol. The summed E-state index contributed by atoms with van der Waals surface area (Å²) in [4.78, 5) is 36.4. The van der Waals surface area contributed by atoms with Crippen molar-refractivity contribution in [3.05, 3.63) is 0 Å². The molecule has 122 valence electrons. The number of carboxylic acids is 1. The molecular formula is C14H26N2O5. The van der Waals surface area contributed by atoms with Gasteiger partial charge < -0.3 is 20.1 Å². The van der Waals surface area contributed by atoms with Gasteiger partial charge in [0.05, 0.1) is 6.61 Å². The Hall–Kier alpha value is -1.79. The van der Waals surface area contributed by atoms with Gasteiger partial charge in [-0.05, 0) is 34.1 Å². The van der Waals surface area contributed by atoms with Crippen LogP contribution in [0.5, 0.6) is 0 Å². The van der Waals surface area contributed by atoms with E-state index in [2.05, 4.69) is 5.32 Å². The van der Waals surface area contributed by atoms with Crippen molar-refractivity contribution < 1.29 is 24.2 Å². The maximum Gasteiger partial charge on any atom is 0.329 e. The van der Waals surface area contributed by atoms with Crippen molar-refractivity contribution in [2.24, 2.45) is 0 Å². The summed E-state index contributed by atoms with van der Waals surface area (Å²) in [6.07, 6.45) is 0.919. The summed E-state index contributed by atoms with van der Waals surface area (Å²) in [5, 5.41) is 11.8. The molecule has 2 N–H and O–H groups in total. The number of nitrogens with one attached hydrogen (secondary N) is 1. The number of carbonyl (C=O) groups is 3. The van der Waals surface area contributed by atoms with Crippen molar-refractivity contribution in [3.8, 4) is 0 Å². The highest BCUT2D eigenvalue weighted by molar-refractivity contribution is 5.87. The zero-order valence-corrected chi connectivity index (χ0v) is 13.4. The van der Waals surface area contributed by atoms with Crippen molar-refractivity contribution in [1.82, 2.24) is 10.2 Å². The molecule has 0 fully saturated rings. The van der Waals surface area contributed by atoms with Crippen LogP contribution >= 0.6 is 0 Å². The number of carbonyl (C=O) groups excluding carboxylic acids is 2. The smallest absolute Gasteiger partial charge is 0.329 e. The summed E-state index contributed by atoms with van der Waals surface area (Å²) in [6, 6.07) is -0.842. The summed E-state index contributed by atoms with van der Waals surface area (Å²) in [7, 11) is 0. The molecular weight excluding hydrogens is 276 g/mol. The molecule has 0 heterocycles. The second kappa shape index (κ2) is 8.49. The standard InChI is InChI=1S/C14H26N2O5/c1-6-8-14(5,12(18)19)15-13(20)16(10(3)4)9-11(17)21-7-2/h10H,6-9H2,1-5H3,(H,15,20)(H,18,19). The molecule has 2 amide bonds. The maximum absolute atomic E-state index is 12.3. The number of rotatable bonds is 8. The summed E-state index contributed by atoms with van der Waals surface area (Å²) in [6.45, 7) is 8.49. The third-order valence-electron chi connectivity index (χ3n) is 3.09. The second-order valence-corrected chi connectivity index (χ2v) is 5.34. The largest absolute Gasteiger partial charge is 0.480 e. The van der Waals surface area contributed by atoms with Crippen LogP contribution in [0.4, 0.5) is 4.79 Å². The molecule has 1 unspecified atom stereocenters. The van der Waals surface area contributed by atoms with Crippen LogP contribution in [0.1, 0.15) is 47.5 Å². The number of carboxylic acid groups (broad SMARTS) is 1. The lowest BCUT2D eigenvalue weighted by Crippen LogP contribution is -2.58. The molecule has 0 aliphatic carbocycles. The van der Waals surface area contributed by atoms with Crippen LogP contribution in [0.3, 0.4) is 0 Å². The first-order valence-electron chi connectivity index (χ1n) is 7.15. The Morgan fingerprint density at radius 1 is 1.29 bits per heavy atom. The van der Waals surface area contributed by atoms with Gasteiger partial charge in [0.15, 0.2) is 0 Å². The topological polar surface area (TPSA) is 95.9 Å². The van der Waals surface area contributed by atoms with Gasteiger partial charge in [-0.25, -0.2) is 9.59 Å². The molecule has 1 atom stereocenters. The van der Waals surface area contributed by atoms with Gasteiger partial charge in [0, 0.05) is 6.04 Å². The van der Waals surface area contributed by atoms with Crippen LogP contribution in [0, 0.1) is 0 Å². The van der Waals surface area contributed by atoms with Crippen molar-refractivity contribution in [2.75, 3.05) is 13.2 Å². The Labute approximate surface area is 125 Å². The first-order chi connectivity index (χ1) is 9.67. The number of aliphatic carboxylic acids is 1. The first kappa shape index (κ1) is 19.2. The number of hydrogen-bond acceptors (Lipinski definition) is 4. The average Bonchev–Trinajstić information content (AvgIpc) is 2.35. The quantitative estimate of drug-likeness (QED) is 0.664. The molecule has 7 nitrogen and oxygen atoms in total. The molecule has 0 aromatic carbocycles. The van der Waals surface area contributed by atoms with Gasteiger partial charge in [0.1, 0.15) is 12.1 Å². The molecule has 0 aliphatic heterocycles. The van der Waals surface area contributed by atoms with Gasteiger partial charge in [0.25, 0.3) is 0 Å². The van der Waals surface area contributed by atoms with E-state index in [4.69, 9.17) is 4.74 Å². The number of esters is 1. The minimum atomic E-state index is -1.35. The molecule has 0 saturated heterocycles. The highest BCUT2D eigenvalue weighted by Gasteiger charge is 2.36. The van der Waals surface area contributed by atoms with Crippen molar-refractivity contribution in [3.63, 3.8) is 0 Å². The molecule has 7 heteroatoms. The molecule has 0 saturated carbocycles. The van der Waals surface area contributed by atoms with Gasteiger partial charge in [-0.15, -0.1) is 0 Å². The Balaban J connectivity index is 4.97. The van der Waals surface area contributed by atoms with Crippen LogP contribution in [-0.2, 0) is 14.3 Å². The first-order valence-corrected chi connectivity index (χ1v) is 7.15. The molecule has 0 aromatic rings. The van der Waals surface area contributed by atoms with Gasteiger partial charge in [-0.2, -0.15) is 0 Å². The predicted octanol–water partition coefficient (Wildman–Crippen LogP) is 1.61. The lowest BCUT2D eigenvalue weighted by Gasteiger charge is -2.32. The van der Waals surface area contributed by atoms with E-state index in [1.54, 1.807) is 20.8 Å². The van der Waals surface area contributed by atoms with Crippen molar-refractivity contribution in [1.29, 1.82) is 0 Å².